The molecule has 3 aliphatic rings. The average Bonchev–Trinajstić information content (AvgIpc) is 3.42. The van der Waals surface area contributed by atoms with E-state index in [0.29, 0.717) is 36.1 Å². The standard InChI is InChI=1S/C26H30N2O3/c29-24(13-14-25(30)23-15-19-3-1-2-4-20(19)16-27-23)17-5-7-18(8-6-17)26(31)28-21-9-10-22(28)12-11-21/h1-8,21-23,25,27,30H,9-16H2/t21?,22?,23-,25+/m0/s1. The van der Waals surface area contributed by atoms with Gasteiger partial charge in [0, 0.05) is 42.2 Å². The minimum Gasteiger partial charge on any atom is -0.391 e. The summed E-state index contributed by atoms with van der Waals surface area (Å²) in [6.45, 7) is 0.750. The van der Waals surface area contributed by atoms with Crippen LogP contribution in [0.1, 0.15) is 70.4 Å². The second kappa shape index (κ2) is 8.56. The normalized spacial score (nSPS) is 25.3. The SMILES string of the molecule is O=C(CC[C@@H](O)[C@@H]1Cc2ccccc2CN1)c1ccc(C(=O)N2C3CCC2CC3)cc1. The summed E-state index contributed by atoms with van der Waals surface area (Å²) >= 11 is 0. The Morgan fingerprint density at radius 1 is 0.935 bits per heavy atom. The first-order valence-corrected chi connectivity index (χ1v) is 11.5. The maximum Gasteiger partial charge on any atom is 0.254 e. The van der Waals surface area contributed by atoms with E-state index in [2.05, 4.69) is 22.3 Å². The monoisotopic (exact) mass is 418 g/mol. The Balaban J connectivity index is 1.15. The molecule has 5 nitrogen and oxygen atoms in total. The van der Waals surface area contributed by atoms with Gasteiger partial charge in [0.05, 0.1) is 6.10 Å². The van der Waals surface area contributed by atoms with Crippen LogP contribution < -0.4 is 5.32 Å². The molecule has 162 valence electrons. The van der Waals surface area contributed by atoms with Crippen molar-refractivity contribution in [1.82, 2.24) is 10.2 Å². The van der Waals surface area contributed by atoms with Crippen molar-refractivity contribution < 1.29 is 14.7 Å². The van der Waals surface area contributed by atoms with Crippen LogP contribution >= 0.6 is 0 Å². The molecule has 2 N–H and O–H groups in total. The van der Waals surface area contributed by atoms with Crippen molar-refractivity contribution in [2.45, 2.75) is 75.7 Å². The van der Waals surface area contributed by atoms with E-state index in [1.54, 1.807) is 24.3 Å². The van der Waals surface area contributed by atoms with Gasteiger partial charge in [-0.2, -0.15) is 0 Å². The number of benzene rings is 2. The number of nitrogens with one attached hydrogen (secondary N) is 1. The molecule has 0 spiro atoms. The van der Waals surface area contributed by atoms with Crippen molar-refractivity contribution in [1.29, 1.82) is 0 Å². The number of aliphatic hydroxyl groups is 1. The zero-order chi connectivity index (χ0) is 21.4. The van der Waals surface area contributed by atoms with E-state index in [4.69, 9.17) is 0 Å². The van der Waals surface area contributed by atoms with Crippen molar-refractivity contribution >= 4 is 11.7 Å². The van der Waals surface area contributed by atoms with Gasteiger partial charge in [-0.15, -0.1) is 0 Å². The minimum atomic E-state index is -0.566. The van der Waals surface area contributed by atoms with E-state index < -0.39 is 6.10 Å². The first-order valence-electron chi connectivity index (χ1n) is 11.5. The molecule has 5 rings (SSSR count). The highest BCUT2D eigenvalue weighted by Gasteiger charge is 2.42. The van der Waals surface area contributed by atoms with Gasteiger partial charge in [-0.25, -0.2) is 0 Å². The lowest BCUT2D eigenvalue weighted by atomic mass is 9.90. The molecule has 2 saturated heterocycles. The van der Waals surface area contributed by atoms with Crippen LogP contribution in [0, 0.1) is 0 Å². The zero-order valence-electron chi connectivity index (χ0n) is 17.8. The quantitative estimate of drug-likeness (QED) is 0.705. The Morgan fingerprint density at radius 3 is 2.23 bits per heavy atom. The first-order chi connectivity index (χ1) is 15.1. The lowest BCUT2D eigenvalue weighted by molar-refractivity contribution is 0.0729. The minimum absolute atomic E-state index is 0.00972. The van der Waals surface area contributed by atoms with Crippen molar-refractivity contribution in [3.63, 3.8) is 0 Å². The molecule has 0 saturated carbocycles. The third-order valence-electron chi connectivity index (χ3n) is 7.39. The molecule has 0 aliphatic carbocycles. The number of hydrogen-bond acceptors (Lipinski definition) is 4. The van der Waals surface area contributed by atoms with Gasteiger partial charge in [0.25, 0.3) is 5.91 Å². The number of ketones is 1. The van der Waals surface area contributed by atoms with Crippen LogP contribution in [-0.2, 0) is 13.0 Å². The predicted octanol–water partition coefficient (Wildman–Crippen LogP) is 3.49. The average molecular weight is 419 g/mol. The Kier molecular flexibility index (Phi) is 5.63. The Bertz CT molecular complexity index is 951. The summed E-state index contributed by atoms with van der Waals surface area (Å²) in [5.74, 6) is 0.110. The number of Topliss-reactive ketones (excluding diaryl/α,β-unsaturated/α-hetero) is 1. The fourth-order valence-electron chi connectivity index (χ4n) is 5.57. The molecule has 0 radical (unpaired) electrons. The fraction of sp³-hybridized carbons (Fsp3) is 0.462. The molecule has 31 heavy (non-hydrogen) atoms. The second-order valence-electron chi connectivity index (χ2n) is 9.24. The summed E-state index contributed by atoms with van der Waals surface area (Å²) in [5.41, 5.74) is 3.82. The topological polar surface area (TPSA) is 69.6 Å². The third kappa shape index (κ3) is 4.04. The summed E-state index contributed by atoms with van der Waals surface area (Å²) in [6, 6.07) is 16.1. The maximum atomic E-state index is 12.9. The van der Waals surface area contributed by atoms with Gasteiger partial charge in [0.15, 0.2) is 5.78 Å². The fourth-order valence-corrected chi connectivity index (χ4v) is 5.57. The lowest BCUT2D eigenvalue weighted by Gasteiger charge is -2.29. The summed E-state index contributed by atoms with van der Waals surface area (Å²) in [6.07, 6.45) is 5.42. The zero-order valence-corrected chi connectivity index (χ0v) is 17.8. The van der Waals surface area contributed by atoms with E-state index >= 15 is 0 Å². The summed E-state index contributed by atoms with van der Waals surface area (Å²) in [5, 5.41) is 14.0. The van der Waals surface area contributed by atoms with E-state index in [1.165, 1.54) is 11.1 Å². The first kappa shape index (κ1) is 20.4. The largest absolute Gasteiger partial charge is 0.391 e. The Morgan fingerprint density at radius 2 is 1.55 bits per heavy atom. The molecule has 2 aromatic carbocycles. The van der Waals surface area contributed by atoms with Crippen LogP contribution in [0.15, 0.2) is 48.5 Å². The molecule has 2 atom stereocenters. The summed E-state index contributed by atoms with van der Waals surface area (Å²) in [4.78, 5) is 27.6. The molecule has 0 aromatic heterocycles. The number of aliphatic hydroxyl groups excluding tert-OH is 1. The van der Waals surface area contributed by atoms with E-state index in [1.807, 2.05) is 12.1 Å². The number of hydrogen-bond donors (Lipinski definition) is 2. The molecule has 3 aliphatic heterocycles. The lowest BCUT2D eigenvalue weighted by Crippen LogP contribution is -2.44. The number of fused-ring (bicyclic) bond motifs is 3. The summed E-state index contributed by atoms with van der Waals surface area (Å²) < 4.78 is 0. The van der Waals surface area contributed by atoms with Gasteiger partial charge in [-0.3, -0.25) is 9.59 Å². The highest BCUT2D eigenvalue weighted by atomic mass is 16.3. The second-order valence-corrected chi connectivity index (χ2v) is 9.24. The van der Waals surface area contributed by atoms with Gasteiger partial charge in [0.1, 0.15) is 0 Å². The molecule has 2 bridgehead atoms. The predicted molar refractivity (Wildman–Crippen MR) is 119 cm³/mol. The molecule has 3 heterocycles. The highest BCUT2D eigenvalue weighted by molar-refractivity contribution is 5.99. The molecule has 1 amide bonds. The van der Waals surface area contributed by atoms with E-state index in [-0.39, 0.29) is 17.7 Å². The molecular weight excluding hydrogens is 388 g/mol. The van der Waals surface area contributed by atoms with E-state index in [9.17, 15) is 14.7 Å². The van der Waals surface area contributed by atoms with Crippen molar-refractivity contribution in [2.75, 3.05) is 0 Å². The van der Waals surface area contributed by atoms with Crippen molar-refractivity contribution in [2.24, 2.45) is 0 Å². The smallest absolute Gasteiger partial charge is 0.254 e. The van der Waals surface area contributed by atoms with Crippen molar-refractivity contribution in [3.8, 4) is 0 Å². The van der Waals surface area contributed by atoms with Crippen LogP contribution in [0.4, 0.5) is 0 Å². The highest BCUT2D eigenvalue weighted by Crippen LogP contribution is 2.38. The van der Waals surface area contributed by atoms with Gasteiger partial charge in [-0.05, 0) is 61.8 Å². The molecule has 2 aromatic rings. The van der Waals surface area contributed by atoms with Gasteiger partial charge >= 0.3 is 0 Å². The van der Waals surface area contributed by atoms with Crippen molar-refractivity contribution in [3.05, 3.63) is 70.8 Å². The maximum absolute atomic E-state index is 12.9. The number of carbonyl (C=O) groups excluding carboxylic acids is 2. The van der Waals surface area contributed by atoms with E-state index in [0.717, 1.165) is 38.6 Å². The van der Waals surface area contributed by atoms with Gasteiger partial charge in [0.2, 0.25) is 0 Å². The van der Waals surface area contributed by atoms with Gasteiger partial charge in [-0.1, -0.05) is 36.4 Å². The number of carbonyl (C=O) groups is 2. The Hall–Kier alpha value is -2.50. The van der Waals surface area contributed by atoms with Crippen LogP contribution in [-0.4, -0.2) is 45.9 Å². The van der Waals surface area contributed by atoms with Crippen LogP contribution in [0.3, 0.4) is 0 Å². The van der Waals surface area contributed by atoms with Crippen LogP contribution in [0.2, 0.25) is 0 Å². The summed E-state index contributed by atoms with van der Waals surface area (Å²) in [7, 11) is 0. The number of rotatable bonds is 6. The molecule has 5 heteroatoms. The van der Waals surface area contributed by atoms with Crippen LogP contribution in [0.25, 0.3) is 0 Å². The van der Waals surface area contributed by atoms with Crippen LogP contribution in [0.5, 0.6) is 0 Å². The molecular formula is C26H30N2O3. The molecule has 0 unspecified atom stereocenters. The van der Waals surface area contributed by atoms with Gasteiger partial charge < -0.3 is 15.3 Å². The number of nitrogens with zero attached hydrogens (tertiary/aromatic N) is 1. The third-order valence-corrected chi connectivity index (χ3v) is 7.39. The molecule has 2 fully saturated rings. The number of amides is 1. The Labute approximate surface area is 183 Å².